The molecule has 2 amide bonds. The van der Waals surface area contributed by atoms with Crippen molar-refractivity contribution in [3.05, 3.63) is 95.2 Å². The molecule has 0 radical (unpaired) electrons. The molecule has 176 valence electrons. The Kier molecular flexibility index (Phi) is 6.95. The highest BCUT2D eigenvalue weighted by Crippen LogP contribution is 2.32. The van der Waals surface area contributed by atoms with Crippen molar-refractivity contribution in [2.24, 2.45) is 0 Å². The third-order valence-corrected chi connectivity index (χ3v) is 6.04. The van der Waals surface area contributed by atoms with E-state index in [1.807, 2.05) is 30.3 Å². The van der Waals surface area contributed by atoms with Crippen LogP contribution in [0.2, 0.25) is 0 Å². The normalized spacial score (nSPS) is 14.6. The molecular formula is C26H24F3N3O2. The first kappa shape index (κ1) is 23.5. The summed E-state index contributed by atoms with van der Waals surface area (Å²) in [7, 11) is 0. The summed E-state index contributed by atoms with van der Waals surface area (Å²) in [5.74, 6) is -1.44. The number of likely N-dealkylation sites (tertiary alicyclic amines) is 1. The third-order valence-electron chi connectivity index (χ3n) is 6.04. The zero-order chi connectivity index (χ0) is 24.1. The fourth-order valence-corrected chi connectivity index (χ4v) is 4.25. The van der Waals surface area contributed by atoms with Gasteiger partial charge in [0.1, 0.15) is 5.82 Å². The summed E-state index contributed by atoms with van der Waals surface area (Å²) >= 11 is 0. The molecule has 1 aliphatic heterocycles. The minimum atomic E-state index is -4.52. The molecule has 0 bridgehead atoms. The molecule has 0 spiro atoms. The second kappa shape index (κ2) is 10.1. The van der Waals surface area contributed by atoms with E-state index in [0.29, 0.717) is 19.3 Å². The Morgan fingerprint density at radius 1 is 0.941 bits per heavy atom. The highest BCUT2D eigenvalue weighted by atomic mass is 19.4. The number of amides is 2. The molecule has 2 aromatic carbocycles. The Hall–Kier alpha value is -3.68. The van der Waals surface area contributed by atoms with Gasteiger partial charge in [-0.1, -0.05) is 54.6 Å². The molecule has 0 saturated carbocycles. The topological polar surface area (TPSA) is 62.3 Å². The molecule has 0 unspecified atom stereocenters. The number of carbonyl (C=O) groups excluding carboxylic acids is 2. The van der Waals surface area contributed by atoms with Crippen LogP contribution in [0.5, 0.6) is 0 Å². The van der Waals surface area contributed by atoms with Gasteiger partial charge in [-0.2, -0.15) is 13.2 Å². The van der Waals surface area contributed by atoms with Crippen LogP contribution in [0.1, 0.15) is 41.0 Å². The van der Waals surface area contributed by atoms with E-state index >= 15 is 0 Å². The largest absolute Gasteiger partial charge is 0.417 e. The minimum absolute atomic E-state index is 0.101. The smallest absolute Gasteiger partial charge is 0.334 e. The zero-order valence-electron chi connectivity index (χ0n) is 18.4. The molecule has 1 aliphatic rings. The van der Waals surface area contributed by atoms with Crippen LogP contribution in [0.3, 0.4) is 0 Å². The standard InChI is InChI=1S/C26H24F3N3O2/c27-26(28,29)21-10-11-23(30-17-21)31-24(33)25(34)32-14-12-19(13-15-32)22-9-5-4-8-20(22)16-18-6-2-1-3-7-18/h1-11,17,19H,12-16H2,(H,30,31,33). The van der Waals surface area contributed by atoms with Crippen LogP contribution in [0.25, 0.3) is 0 Å². The van der Waals surface area contributed by atoms with Crippen molar-refractivity contribution in [3.63, 3.8) is 0 Å². The van der Waals surface area contributed by atoms with Crippen LogP contribution in [0, 0.1) is 0 Å². The molecule has 4 rings (SSSR count). The van der Waals surface area contributed by atoms with E-state index < -0.39 is 23.6 Å². The van der Waals surface area contributed by atoms with E-state index in [4.69, 9.17) is 0 Å². The minimum Gasteiger partial charge on any atom is -0.334 e. The number of halogens is 3. The van der Waals surface area contributed by atoms with Gasteiger partial charge in [0.15, 0.2) is 0 Å². The molecule has 1 saturated heterocycles. The van der Waals surface area contributed by atoms with E-state index in [-0.39, 0.29) is 11.7 Å². The number of rotatable bonds is 4. The number of nitrogens with zero attached hydrogens (tertiary/aromatic N) is 2. The summed E-state index contributed by atoms with van der Waals surface area (Å²) in [6.45, 7) is 0.855. The summed E-state index contributed by atoms with van der Waals surface area (Å²) < 4.78 is 38.0. The van der Waals surface area contributed by atoms with Gasteiger partial charge < -0.3 is 10.2 Å². The summed E-state index contributed by atoms with van der Waals surface area (Å²) in [5, 5.41) is 2.29. The second-order valence-corrected chi connectivity index (χ2v) is 8.31. The average molecular weight is 467 g/mol. The Morgan fingerprint density at radius 3 is 2.26 bits per heavy atom. The first-order valence-electron chi connectivity index (χ1n) is 11.1. The van der Waals surface area contributed by atoms with Crippen molar-refractivity contribution in [1.82, 2.24) is 9.88 Å². The van der Waals surface area contributed by atoms with Gasteiger partial charge in [0.05, 0.1) is 5.56 Å². The van der Waals surface area contributed by atoms with Crippen molar-refractivity contribution in [1.29, 1.82) is 0 Å². The van der Waals surface area contributed by atoms with Crippen LogP contribution in [-0.4, -0.2) is 34.8 Å². The van der Waals surface area contributed by atoms with E-state index in [2.05, 4.69) is 34.6 Å². The lowest BCUT2D eigenvalue weighted by atomic mass is 9.85. The molecule has 1 N–H and O–H groups in total. The lowest BCUT2D eigenvalue weighted by Gasteiger charge is -2.32. The van der Waals surface area contributed by atoms with Crippen molar-refractivity contribution >= 4 is 17.6 Å². The SMILES string of the molecule is O=C(Nc1ccc(C(F)(F)F)cn1)C(=O)N1CCC(c2ccccc2Cc2ccccc2)CC1. The lowest BCUT2D eigenvalue weighted by molar-refractivity contribution is -0.143. The molecule has 0 aliphatic carbocycles. The molecule has 5 nitrogen and oxygen atoms in total. The number of nitrogens with one attached hydrogen (secondary N) is 1. The average Bonchev–Trinajstić information content (AvgIpc) is 2.84. The monoisotopic (exact) mass is 467 g/mol. The van der Waals surface area contributed by atoms with E-state index in [1.54, 1.807) is 0 Å². The van der Waals surface area contributed by atoms with Gasteiger partial charge in [-0.15, -0.1) is 0 Å². The van der Waals surface area contributed by atoms with Crippen molar-refractivity contribution in [3.8, 4) is 0 Å². The number of hydrogen-bond acceptors (Lipinski definition) is 3. The Labute approximate surface area is 195 Å². The van der Waals surface area contributed by atoms with Crippen LogP contribution >= 0.6 is 0 Å². The number of carbonyl (C=O) groups is 2. The first-order valence-corrected chi connectivity index (χ1v) is 11.1. The number of hydrogen-bond donors (Lipinski definition) is 1. The van der Waals surface area contributed by atoms with E-state index in [9.17, 15) is 22.8 Å². The van der Waals surface area contributed by atoms with E-state index in [0.717, 1.165) is 31.4 Å². The summed E-state index contributed by atoms with van der Waals surface area (Å²) in [5.41, 5.74) is 2.82. The Morgan fingerprint density at radius 2 is 1.62 bits per heavy atom. The molecular weight excluding hydrogens is 443 g/mol. The maximum absolute atomic E-state index is 12.7. The zero-order valence-corrected chi connectivity index (χ0v) is 18.4. The van der Waals surface area contributed by atoms with Gasteiger partial charge in [-0.05, 0) is 54.0 Å². The number of benzene rings is 2. The molecule has 2 heterocycles. The Balaban J connectivity index is 1.35. The fraction of sp³-hybridized carbons (Fsp3) is 0.269. The summed E-state index contributed by atoms with van der Waals surface area (Å²) in [6, 6.07) is 20.4. The summed E-state index contributed by atoms with van der Waals surface area (Å²) in [6.07, 6.45) is -1.61. The van der Waals surface area contributed by atoms with E-state index in [1.165, 1.54) is 21.6 Å². The molecule has 34 heavy (non-hydrogen) atoms. The molecule has 3 aromatic rings. The summed E-state index contributed by atoms with van der Waals surface area (Å²) in [4.78, 5) is 30.0. The van der Waals surface area contributed by atoms with Gasteiger partial charge in [-0.3, -0.25) is 9.59 Å². The number of aromatic nitrogens is 1. The maximum atomic E-state index is 12.7. The van der Waals surface area contributed by atoms with Crippen LogP contribution in [0.4, 0.5) is 19.0 Å². The fourth-order valence-electron chi connectivity index (χ4n) is 4.25. The second-order valence-electron chi connectivity index (χ2n) is 8.31. The predicted molar refractivity (Wildman–Crippen MR) is 122 cm³/mol. The molecule has 0 atom stereocenters. The van der Waals surface area contributed by atoms with Gasteiger partial charge in [0, 0.05) is 19.3 Å². The first-order chi connectivity index (χ1) is 16.3. The third kappa shape index (κ3) is 5.62. The van der Waals surface area contributed by atoms with Gasteiger partial charge in [0.25, 0.3) is 0 Å². The lowest BCUT2D eigenvalue weighted by Crippen LogP contribution is -2.44. The predicted octanol–water partition coefficient (Wildman–Crippen LogP) is 5.04. The quantitative estimate of drug-likeness (QED) is 0.547. The van der Waals surface area contributed by atoms with Crippen molar-refractivity contribution in [2.75, 3.05) is 18.4 Å². The number of alkyl halides is 3. The maximum Gasteiger partial charge on any atom is 0.417 e. The van der Waals surface area contributed by atoms with Crippen molar-refractivity contribution < 1.29 is 22.8 Å². The molecule has 1 aromatic heterocycles. The van der Waals surface area contributed by atoms with Crippen molar-refractivity contribution in [2.45, 2.75) is 31.4 Å². The van der Waals surface area contributed by atoms with Gasteiger partial charge in [-0.25, -0.2) is 4.98 Å². The van der Waals surface area contributed by atoms with Gasteiger partial charge in [0.2, 0.25) is 0 Å². The number of anilines is 1. The van der Waals surface area contributed by atoms with Crippen LogP contribution < -0.4 is 5.32 Å². The van der Waals surface area contributed by atoms with Crippen LogP contribution in [0.15, 0.2) is 72.9 Å². The number of pyridine rings is 1. The van der Waals surface area contributed by atoms with Gasteiger partial charge >= 0.3 is 18.0 Å². The highest BCUT2D eigenvalue weighted by molar-refractivity contribution is 6.39. The van der Waals surface area contributed by atoms with Crippen LogP contribution in [-0.2, 0) is 22.2 Å². The Bertz CT molecular complexity index is 1140. The molecule has 1 fully saturated rings. The number of piperidine rings is 1. The highest BCUT2D eigenvalue weighted by Gasteiger charge is 2.31. The molecule has 8 heteroatoms.